The quantitative estimate of drug-likeness (QED) is 0.871. The number of aromatic nitrogens is 1. The first-order valence-electron chi connectivity index (χ1n) is 6.89. The number of aliphatic carboxylic acids is 1. The number of pyridine rings is 1. The summed E-state index contributed by atoms with van der Waals surface area (Å²) in [6.45, 7) is 0.267. The van der Waals surface area contributed by atoms with Gasteiger partial charge in [-0.3, -0.25) is 9.78 Å². The second-order valence-electron chi connectivity index (χ2n) is 4.92. The summed E-state index contributed by atoms with van der Waals surface area (Å²) in [5, 5.41) is 18.9. The van der Waals surface area contributed by atoms with Gasteiger partial charge < -0.3 is 19.5 Å². The predicted molar refractivity (Wildman–Crippen MR) is 85.1 cm³/mol. The third-order valence-electron chi connectivity index (χ3n) is 3.50. The second kappa shape index (κ2) is 6.83. The predicted octanol–water partition coefficient (Wildman–Crippen LogP) is 2.03. The molecule has 0 atom stereocenters. The van der Waals surface area contributed by atoms with E-state index < -0.39 is 5.97 Å². The number of methoxy groups -OCH3 is 2. The van der Waals surface area contributed by atoms with Crippen LogP contribution in [0.15, 0.2) is 18.3 Å². The molecule has 7 nitrogen and oxygen atoms in total. The van der Waals surface area contributed by atoms with Crippen LogP contribution >= 0.6 is 0 Å². The Balaban J connectivity index is 2.68. The number of ether oxygens (including phenoxy) is 2. The van der Waals surface area contributed by atoms with E-state index in [9.17, 15) is 10.1 Å². The molecule has 1 aromatic carbocycles. The second-order valence-corrected chi connectivity index (χ2v) is 4.92. The molecule has 0 unspecified atom stereocenters. The van der Waals surface area contributed by atoms with Crippen LogP contribution in [0.2, 0.25) is 0 Å². The van der Waals surface area contributed by atoms with Gasteiger partial charge in [0.25, 0.3) is 0 Å². The van der Waals surface area contributed by atoms with E-state index in [1.54, 1.807) is 24.1 Å². The minimum Gasteiger partial charge on any atom is -0.497 e. The molecule has 1 N–H and O–H groups in total. The maximum Gasteiger partial charge on any atom is 0.305 e. The fourth-order valence-corrected chi connectivity index (χ4v) is 2.37. The average molecular weight is 315 g/mol. The molecular formula is C16H17N3O4. The molecule has 0 saturated heterocycles. The lowest BCUT2D eigenvalue weighted by Crippen LogP contribution is -2.22. The lowest BCUT2D eigenvalue weighted by molar-refractivity contribution is -0.136. The summed E-state index contributed by atoms with van der Waals surface area (Å²) in [6, 6.07) is 5.57. The summed E-state index contributed by atoms with van der Waals surface area (Å²) in [6.07, 6.45) is 1.43. The molecule has 0 aliphatic heterocycles. The molecule has 0 amide bonds. The van der Waals surface area contributed by atoms with Crippen molar-refractivity contribution in [2.75, 3.05) is 32.7 Å². The van der Waals surface area contributed by atoms with Crippen molar-refractivity contribution < 1.29 is 19.4 Å². The highest BCUT2D eigenvalue weighted by Gasteiger charge is 2.17. The fraction of sp³-hybridized carbons (Fsp3) is 0.312. The highest BCUT2D eigenvalue weighted by atomic mass is 16.5. The van der Waals surface area contributed by atoms with E-state index in [1.165, 1.54) is 20.4 Å². The molecule has 2 rings (SSSR count). The van der Waals surface area contributed by atoms with Gasteiger partial charge in [0.2, 0.25) is 0 Å². The van der Waals surface area contributed by atoms with Crippen molar-refractivity contribution in [3.05, 3.63) is 23.9 Å². The molecular weight excluding hydrogens is 298 g/mol. The van der Waals surface area contributed by atoms with Crippen molar-refractivity contribution >= 4 is 22.6 Å². The molecule has 0 radical (unpaired) electrons. The molecule has 1 heterocycles. The van der Waals surface area contributed by atoms with Gasteiger partial charge in [0, 0.05) is 31.2 Å². The zero-order valence-corrected chi connectivity index (χ0v) is 13.2. The van der Waals surface area contributed by atoms with Crippen LogP contribution in [0.4, 0.5) is 5.69 Å². The van der Waals surface area contributed by atoms with Gasteiger partial charge in [-0.2, -0.15) is 5.26 Å². The van der Waals surface area contributed by atoms with Gasteiger partial charge >= 0.3 is 5.97 Å². The van der Waals surface area contributed by atoms with E-state index in [2.05, 4.69) is 11.1 Å². The zero-order chi connectivity index (χ0) is 17.0. The first-order chi connectivity index (χ1) is 11.0. The number of fused-ring (bicyclic) bond motifs is 1. The van der Waals surface area contributed by atoms with Crippen LogP contribution in [0.25, 0.3) is 10.9 Å². The third kappa shape index (κ3) is 3.26. The minimum absolute atomic E-state index is 0.0354. The minimum atomic E-state index is -0.899. The Hall–Kier alpha value is -3.01. The van der Waals surface area contributed by atoms with Crippen molar-refractivity contribution in [2.24, 2.45) is 0 Å². The van der Waals surface area contributed by atoms with E-state index in [0.717, 1.165) is 0 Å². The number of carbonyl (C=O) groups is 1. The van der Waals surface area contributed by atoms with Crippen LogP contribution in [0.3, 0.4) is 0 Å². The number of hydrogen-bond acceptors (Lipinski definition) is 6. The van der Waals surface area contributed by atoms with Crippen LogP contribution in [0.5, 0.6) is 11.5 Å². The molecule has 2 aromatic rings. The van der Waals surface area contributed by atoms with Gasteiger partial charge in [0.05, 0.1) is 31.9 Å². The monoisotopic (exact) mass is 315 g/mol. The van der Waals surface area contributed by atoms with Gasteiger partial charge in [-0.25, -0.2) is 0 Å². The Bertz CT molecular complexity index is 783. The largest absolute Gasteiger partial charge is 0.497 e. The molecule has 23 heavy (non-hydrogen) atoms. The average Bonchev–Trinajstić information content (AvgIpc) is 2.57. The summed E-state index contributed by atoms with van der Waals surface area (Å²) >= 11 is 0. The first kappa shape index (κ1) is 16.4. The first-order valence-corrected chi connectivity index (χ1v) is 6.89. The number of anilines is 1. The Morgan fingerprint density at radius 1 is 1.39 bits per heavy atom. The molecule has 0 saturated carbocycles. The van der Waals surface area contributed by atoms with Crippen LogP contribution in [-0.4, -0.2) is 43.9 Å². The lowest BCUT2D eigenvalue weighted by atomic mass is 10.1. The van der Waals surface area contributed by atoms with Gasteiger partial charge in [-0.15, -0.1) is 0 Å². The summed E-state index contributed by atoms with van der Waals surface area (Å²) in [5.74, 6) is 0.194. The number of carboxylic acid groups (broad SMARTS) is 1. The molecule has 0 bridgehead atoms. The van der Waals surface area contributed by atoms with Crippen molar-refractivity contribution in [1.82, 2.24) is 4.98 Å². The van der Waals surface area contributed by atoms with Crippen molar-refractivity contribution in [1.29, 1.82) is 5.26 Å². The number of hydrogen-bond donors (Lipinski definition) is 1. The maximum atomic E-state index is 10.8. The van der Waals surface area contributed by atoms with E-state index in [-0.39, 0.29) is 13.0 Å². The summed E-state index contributed by atoms with van der Waals surface area (Å²) in [7, 11) is 4.81. The van der Waals surface area contributed by atoms with E-state index in [4.69, 9.17) is 14.6 Å². The van der Waals surface area contributed by atoms with Gasteiger partial charge in [0.1, 0.15) is 23.1 Å². The lowest BCUT2D eigenvalue weighted by Gasteiger charge is -2.22. The number of benzene rings is 1. The Morgan fingerprint density at radius 2 is 2.13 bits per heavy atom. The summed E-state index contributed by atoms with van der Waals surface area (Å²) in [5.41, 5.74) is 1.56. The van der Waals surface area contributed by atoms with Crippen LogP contribution in [0.1, 0.15) is 12.0 Å². The van der Waals surface area contributed by atoms with E-state index in [0.29, 0.717) is 33.7 Å². The molecule has 0 spiro atoms. The Labute approximate surface area is 133 Å². The molecule has 0 aliphatic rings. The smallest absolute Gasteiger partial charge is 0.305 e. The van der Waals surface area contributed by atoms with E-state index >= 15 is 0 Å². The number of carboxylic acids is 1. The van der Waals surface area contributed by atoms with Crippen LogP contribution in [0, 0.1) is 11.3 Å². The topological polar surface area (TPSA) is 95.7 Å². The summed E-state index contributed by atoms with van der Waals surface area (Å²) in [4.78, 5) is 16.8. The molecule has 1 aromatic heterocycles. The highest BCUT2D eigenvalue weighted by molar-refractivity contribution is 5.98. The zero-order valence-electron chi connectivity index (χ0n) is 13.2. The standard InChI is InChI=1S/C16H17N3O4/c1-19(5-4-14(20)21)16-10(8-17)9-18-15-12(16)6-11(22-2)7-13(15)23-3/h6-7,9H,4-5H2,1-3H3,(H,20,21). The van der Waals surface area contributed by atoms with Crippen molar-refractivity contribution in [3.63, 3.8) is 0 Å². The number of nitrogens with zero attached hydrogens (tertiary/aromatic N) is 3. The van der Waals surface area contributed by atoms with Gasteiger partial charge in [-0.05, 0) is 6.07 Å². The normalized spacial score (nSPS) is 10.2. The van der Waals surface area contributed by atoms with Gasteiger partial charge in [0.15, 0.2) is 0 Å². The molecule has 7 heteroatoms. The van der Waals surface area contributed by atoms with Crippen molar-refractivity contribution in [3.8, 4) is 17.6 Å². The van der Waals surface area contributed by atoms with Gasteiger partial charge in [-0.1, -0.05) is 0 Å². The summed E-state index contributed by atoms with van der Waals surface area (Å²) < 4.78 is 10.6. The molecule has 0 fully saturated rings. The number of rotatable bonds is 6. The highest BCUT2D eigenvalue weighted by Crippen LogP contribution is 2.36. The fourth-order valence-electron chi connectivity index (χ4n) is 2.37. The van der Waals surface area contributed by atoms with Crippen LogP contribution in [-0.2, 0) is 4.79 Å². The van der Waals surface area contributed by atoms with Crippen molar-refractivity contribution in [2.45, 2.75) is 6.42 Å². The SMILES string of the molecule is COc1cc(OC)c2ncc(C#N)c(N(C)CCC(=O)O)c2c1. The number of nitriles is 1. The molecule has 120 valence electrons. The Kier molecular flexibility index (Phi) is 4.86. The Morgan fingerprint density at radius 3 is 2.70 bits per heavy atom. The van der Waals surface area contributed by atoms with E-state index in [1.807, 2.05) is 0 Å². The molecule has 0 aliphatic carbocycles. The maximum absolute atomic E-state index is 10.8. The van der Waals surface area contributed by atoms with Crippen LogP contribution < -0.4 is 14.4 Å². The third-order valence-corrected chi connectivity index (χ3v) is 3.50.